The van der Waals surface area contributed by atoms with Gasteiger partial charge in [0.1, 0.15) is 5.75 Å². The van der Waals surface area contributed by atoms with Crippen LogP contribution in [0, 0.1) is 5.92 Å². The molecule has 0 saturated carbocycles. The van der Waals surface area contributed by atoms with Gasteiger partial charge in [-0.2, -0.15) is 0 Å². The fourth-order valence-corrected chi connectivity index (χ4v) is 4.55. The quantitative estimate of drug-likeness (QED) is 0.625. The first-order chi connectivity index (χ1) is 14.4. The average Bonchev–Trinajstić information content (AvgIpc) is 2.71. The van der Waals surface area contributed by atoms with E-state index in [1.165, 1.54) is 30.2 Å². The van der Waals surface area contributed by atoms with Gasteiger partial charge in [0, 0.05) is 18.7 Å². The molecule has 5 nitrogen and oxygen atoms in total. The van der Waals surface area contributed by atoms with Crippen LogP contribution in [-0.2, 0) is 29.4 Å². The van der Waals surface area contributed by atoms with Crippen molar-refractivity contribution in [3.05, 3.63) is 65.2 Å². The third-order valence-electron chi connectivity index (χ3n) is 5.70. The number of nitrogens with zero attached hydrogens (tertiary/aromatic N) is 1. The minimum Gasteiger partial charge on any atom is -0.494 e. The molecule has 0 aliphatic carbocycles. The van der Waals surface area contributed by atoms with Crippen LogP contribution in [0.2, 0.25) is 0 Å². The molecule has 2 aromatic carbocycles. The first-order valence-electron chi connectivity index (χ1n) is 10.9. The van der Waals surface area contributed by atoms with E-state index in [1.807, 2.05) is 13.0 Å². The van der Waals surface area contributed by atoms with Gasteiger partial charge in [0.25, 0.3) is 0 Å². The minimum atomic E-state index is -3.11. The molecule has 1 N–H and O–H groups in total. The molecular formula is C24H34N2O3S. The van der Waals surface area contributed by atoms with Crippen LogP contribution in [0.25, 0.3) is 0 Å². The second kappa shape index (κ2) is 10.9. The lowest BCUT2D eigenvalue weighted by Gasteiger charge is -2.32. The molecule has 2 aromatic rings. The molecule has 1 fully saturated rings. The summed E-state index contributed by atoms with van der Waals surface area (Å²) in [6.45, 7) is 6.39. The van der Waals surface area contributed by atoms with E-state index in [0.29, 0.717) is 13.2 Å². The Morgan fingerprint density at radius 2 is 1.70 bits per heavy atom. The van der Waals surface area contributed by atoms with Gasteiger partial charge in [-0.15, -0.1) is 0 Å². The third kappa shape index (κ3) is 7.42. The van der Waals surface area contributed by atoms with Crippen molar-refractivity contribution in [2.75, 3.05) is 32.5 Å². The van der Waals surface area contributed by atoms with Crippen molar-refractivity contribution in [3.63, 3.8) is 0 Å². The number of sulfonamides is 1. The normalized spacial score (nSPS) is 15.9. The molecule has 6 heteroatoms. The lowest BCUT2D eigenvalue weighted by Crippen LogP contribution is -2.34. The van der Waals surface area contributed by atoms with Crippen LogP contribution in [0.15, 0.2) is 48.5 Å². The van der Waals surface area contributed by atoms with Crippen molar-refractivity contribution < 1.29 is 13.2 Å². The van der Waals surface area contributed by atoms with E-state index < -0.39 is 10.0 Å². The molecule has 1 heterocycles. The Balaban J connectivity index is 1.43. The number of hydrogen-bond donors (Lipinski definition) is 1. The Morgan fingerprint density at radius 3 is 2.37 bits per heavy atom. The number of nitrogens with one attached hydrogen (secondary N) is 1. The summed E-state index contributed by atoms with van der Waals surface area (Å²) in [6.07, 6.45) is 5.47. The number of piperidine rings is 1. The molecule has 0 aromatic heterocycles. The highest BCUT2D eigenvalue weighted by Crippen LogP contribution is 2.25. The van der Waals surface area contributed by atoms with E-state index in [4.69, 9.17) is 4.74 Å². The molecular weight excluding hydrogens is 396 g/mol. The second-order valence-corrected chi connectivity index (χ2v) is 10.0. The predicted molar refractivity (Wildman–Crippen MR) is 122 cm³/mol. The number of para-hydroxylation sites is 1. The smallest absolute Gasteiger partial charge is 0.208 e. The fourth-order valence-electron chi connectivity index (χ4n) is 4.08. The zero-order valence-electron chi connectivity index (χ0n) is 18.1. The summed E-state index contributed by atoms with van der Waals surface area (Å²) in [4.78, 5) is 2.53. The van der Waals surface area contributed by atoms with Crippen LogP contribution in [-0.4, -0.2) is 45.8 Å². The summed E-state index contributed by atoms with van der Waals surface area (Å²) in [5.41, 5.74) is 3.81. The van der Waals surface area contributed by atoms with E-state index in [-0.39, 0.29) is 0 Å². The van der Waals surface area contributed by atoms with Crippen LogP contribution >= 0.6 is 0 Å². The van der Waals surface area contributed by atoms with Gasteiger partial charge < -0.3 is 4.74 Å². The summed E-state index contributed by atoms with van der Waals surface area (Å²) >= 11 is 0. The highest BCUT2D eigenvalue weighted by molar-refractivity contribution is 7.88. The van der Waals surface area contributed by atoms with Gasteiger partial charge in [-0.3, -0.25) is 4.90 Å². The zero-order chi connectivity index (χ0) is 21.4. The maximum absolute atomic E-state index is 11.1. The van der Waals surface area contributed by atoms with Gasteiger partial charge in [0.15, 0.2) is 0 Å². The van der Waals surface area contributed by atoms with E-state index in [2.05, 4.69) is 52.1 Å². The first-order valence-corrected chi connectivity index (χ1v) is 12.8. The number of likely N-dealkylation sites (tertiary alicyclic amines) is 1. The fraction of sp³-hybridized carbons (Fsp3) is 0.500. The largest absolute Gasteiger partial charge is 0.494 e. The molecule has 1 aliphatic rings. The number of hydrogen-bond acceptors (Lipinski definition) is 4. The van der Waals surface area contributed by atoms with Gasteiger partial charge in [-0.25, -0.2) is 13.1 Å². The summed E-state index contributed by atoms with van der Waals surface area (Å²) in [5, 5.41) is 0. The van der Waals surface area contributed by atoms with Gasteiger partial charge in [-0.1, -0.05) is 42.5 Å². The molecule has 1 saturated heterocycles. The van der Waals surface area contributed by atoms with Gasteiger partial charge in [0.2, 0.25) is 10.0 Å². The summed E-state index contributed by atoms with van der Waals surface area (Å²) < 4.78 is 30.6. The lowest BCUT2D eigenvalue weighted by atomic mass is 9.89. The Morgan fingerprint density at radius 1 is 1.03 bits per heavy atom. The van der Waals surface area contributed by atoms with Crippen molar-refractivity contribution >= 4 is 10.0 Å². The number of benzene rings is 2. The highest BCUT2D eigenvalue weighted by atomic mass is 32.2. The maximum atomic E-state index is 11.1. The second-order valence-electron chi connectivity index (χ2n) is 8.20. The monoisotopic (exact) mass is 430 g/mol. The van der Waals surface area contributed by atoms with Crippen LogP contribution in [0.5, 0.6) is 5.75 Å². The van der Waals surface area contributed by atoms with Crippen LogP contribution in [0.4, 0.5) is 0 Å². The van der Waals surface area contributed by atoms with Crippen molar-refractivity contribution in [2.45, 2.75) is 39.2 Å². The molecule has 0 atom stereocenters. The summed E-state index contributed by atoms with van der Waals surface area (Å²) in [5.74, 6) is 1.73. The van der Waals surface area contributed by atoms with Gasteiger partial charge >= 0.3 is 0 Å². The molecule has 0 radical (unpaired) electrons. The van der Waals surface area contributed by atoms with Gasteiger partial charge in [-0.05, 0) is 68.8 Å². The minimum absolute atomic E-state index is 0.447. The lowest BCUT2D eigenvalue weighted by molar-refractivity contribution is 0.175. The Hall–Kier alpha value is -1.89. The maximum Gasteiger partial charge on any atom is 0.208 e. The van der Waals surface area contributed by atoms with Gasteiger partial charge in [0.05, 0.1) is 12.9 Å². The molecule has 0 spiro atoms. The van der Waals surface area contributed by atoms with E-state index in [1.54, 1.807) is 0 Å². The molecule has 164 valence electrons. The topological polar surface area (TPSA) is 58.6 Å². The Kier molecular flexibility index (Phi) is 8.31. The molecule has 3 rings (SSSR count). The Bertz CT molecular complexity index is 889. The van der Waals surface area contributed by atoms with E-state index in [9.17, 15) is 8.42 Å². The van der Waals surface area contributed by atoms with E-state index in [0.717, 1.165) is 49.7 Å². The number of ether oxygens (including phenoxy) is 1. The summed E-state index contributed by atoms with van der Waals surface area (Å²) in [6, 6.07) is 17.0. The molecule has 0 unspecified atom stereocenters. The summed E-state index contributed by atoms with van der Waals surface area (Å²) in [7, 11) is -3.11. The Labute approximate surface area is 181 Å². The number of rotatable bonds is 10. The third-order valence-corrected chi connectivity index (χ3v) is 6.43. The molecule has 0 bridgehead atoms. The standard InChI is InChI=1S/C24H34N2O3S/c1-3-29-24-7-5-4-6-23(24)19-26-16-13-22(14-17-26)18-21-10-8-20(9-11-21)12-15-25-30(2,27)28/h4-11,22,25H,3,12-19H2,1-2H3. The van der Waals surface area contributed by atoms with Crippen LogP contribution in [0.3, 0.4) is 0 Å². The molecule has 1 aliphatic heterocycles. The van der Waals surface area contributed by atoms with Crippen molar-refractivity contribution in [1.82, 2.24) is 9.62 Å². The van der Waals surface area contributed by atoms with Crippen LogP contribution < -0.4 is 9.46 Å². The highest BCUT2D eigenvalue weighted by Gasteiger charge is 2.20. The van der Waals surface area contributed by atoms with Crippen molar-refractivity contribution in [2.24, 2.45) is 5.92 Å². The zero-order valence-corrected chi connectivity index (χ0v) is 19.0. The molecule has 0 amide bonds. The van der Waals surface area contributed by atoms with Crippen molar-refractivity contribution in [1.29, 1.82) is 0 Å². The van der Waals surface area contributed by atoms with Crippen LogP contribution in [0.1, 0.15) is 36.5 Å². The predicted octanol–water partition coefficient (Wildman–Crippen LogP) is 3.63. The van der Waals surface area contributed by atoms with Crippen molar-refractivity contribution in [3.8, 4) is 5.75 Å². The molecule has 30 heavy (non-hydrogen) atoms. The van der Waals surface area contributed by atoms with E-state index >= 15 is 0 Å². The SMILES string of the molecule is CCOc1ccccc1CN1CCC(Cc2ccc(CCNS(C)(=O)=O)cc2)CC1. The average molecular weight is 431 g/mol. The first kappa shape index (κ1) is 22.8.